The van der Waals surface area contributed by atoms with Crippen LogP contribution in [0.15, 0.2) is 29.3 Å². The van der Waals surface area contributed by atoms with E-state index in [-0.39, 0.29) is 0 Å². The number of ether oxygens (including phenoxy) is 1. The number of hydrogen-bond acceptors (Lipinski definition) is 2. The first kappa shape index (κ1) is 13.1. The molecular weight excluding hydrogens is 224 g/mol. The molecule has 3 heteroatoms. The van der Waals surface area contributed by atoms with Crippen molar-refractivity contribution in [1.29, 1.82) is 0 Å². The van der Waals surface area contributed by atoms with Crippen molar-refractivity contribution in [2.75, 3.05) is 6.61 Å². The molecule has 0 aliphatic carbocycles. The quantitative estimate of drug-likeness (QED) is 0.872. The van der Waals surface area contributed by atoms with Gasteiger partial charge in [-0.2, -0.15) is 0 Å². The van der Waals surface area contributed by atoms with Gasteiger partial charge < -0.3 is 9.84 Å². The highest BCUT2D eigenvalue weighted by Crippen LogP contribution is 2.23. The Bertz CT molecular complexity index is 384. The number of hydrogen-bond donors (Lipinski definition) is 1. The van der Waals surface area contributed by atoms with E-state index in [1.54, 1.807) is 6.92 Å². The molecule has 1 aromatic carbocycles. The van der Waals surface area contributed by atoms with Crippen molar-refractivity contribution in [3.8, 4) is 5.75 Å². The highest BCUT2D eigenvalue weighted by atomic mass is 35.5. The lowest BCUT2D eigenvalue weighted by Crippen LogP contribution is -2.00. The SMILES string of the molecule is C/C(=C\Cl)COc1ccc([C@@H](C)O)cc1C. The van der Waals surface area contributed by atoms with E-state index >= 15 is 0 Å². The molecule has 0 unspecified atom stereocenters. The minimum absolute atomic E-state index is 0.447. The molecule has 16 heavy (non-hydrogen) atoms. The van der Waals surface area contributed by atoms with Crippen LogP contribution in [0.2, 0.25) is 0 Å². The molecule has 1 aromatic rings. The molecule has 0 aliphatic heterocycles. The van der Waals surface area contributed by atoms with E-state index in [1.165, 1.54) is 5.54 Å². The summed E-state index contributed by atoms with van der Waals surface area (Å²) in [6, 6.07) is 5.67. The summed E-state index contributed by atoms with van der Waals surface area (Å²) in [5, 5.41) is 9.43. The van der Waals surface area contributed by atoms with Crippen LogP contribution >= 0.6 is 11.6 Å². The van der Waals surface area contributed by atoms with Crippen molar-refractivity contribution in [2.45, 2.75) is 26.9 Å². The van der Waals surface area contributed by atoms with Gasteiger partial charge >= 0.3 is 0 Å². The maximum absolute atomic E-state index is 9.43. The maximum Gasteiger partial charge on any atom is 0.122 e. The summed E-state index contributed by atoms with van der Waals surface area (Å²) in [7, 11) is 0. The van der Waals surface area contributed by atoms with E-state index in [1.807, 2.05) is 32.0 Å². The van der Waals surface area contributed by atoms with Gasteiger partial charge in [-0.3, -0.25) is 0 Å². The predicted molar refractivity (Wildman–Crippen MR) is 66.9 cm³/mol. The Kier molecular flexibility index (Phi) is 4.84. The fourth-order valence-electron chi connectivity index (χ4n) is 1.32. The maximum atomic E-state index is 9.43. The molecule has 0 fully saturated rings. The first-order valence-electron chi connectivity index (χ1n) is 5.22. The lowest BCUT2D eigenvalue weighted by molar-refractivity contribution is 0.199. The van der Waals surface area contributed by atoms with Gasteiger partial charge in [0.2, 0.25) is 0 Å². The Morgan fingerprint density at radius 3 is 2.75 bits per heavy atom. The van der Waals surface area contributed by atoms with Crippen LogP contribution in [0.5, 0.6) is 5.75 Å². The second-order valence-electron chi connectivity index (χ2n) is 3.95. The molecular formula is C13H17ClO2. The second-order valence-corrected chi connectivity index (χ2v) is 4.16. The van der Waals surface area contributed by atoms with E-state index < -0.39 is 6.10 Å². The van der Waals surface area contributed by atoms with Crippen molar-refractivity contribution in [1.82, 2.24) is 0 Å². The molecule has 1 N–H and O–H groups in total. The summed E-state index contributed by atoms with van der Waals surface area (Å²) in [5.41, 5.74) is 4.40. The van der Waals surface area contributed by atoms with E-state index in [0.29, 0.717) is 6.61 Å². The standard InChI is InChI=1S/C13H17ClO2/c1-9(7-14)8-16-13-5-4-12(11(3)15)6-10(13)2/h4-7,11,15H,8H2,1-3H3/b9-7+/t11-/m1/s1. The van der Waals surface area contributed by atoms with E-state index in [4.69, 9.17) is 16.3 Å². The second kappa shape index (κ2) is 5.92. The lowest BCUT2D eigenvalue weighted by atomic mass is 10.1. The van der Waals surface area contributed by atoms with Gasteiger partial charge in [-0.1, -0.05) is 17.7 Å². The first-order valence-corrected chi connectivity index (χ1v) is 5.65. The largest absolute Gasteiger partial charge is 0.489 e. The molecule has 0 saturated heterocycles. The molecule has 1 atom stereocenters. The van der Waals surface area contributed by atoms with Gasteiger partial charge in [0, 0.05) is 5.54 Å². The average Bonchev–Trinajstić information content (AvgIpc) is 2.26. The van der Waals surface area contributed by atoms with Crippen molar-refractivity contribution in [2.24, 2.45) is 0 Å². The van der Waals surface area contributed by atoms with Gasteiger partial charge in [-0.15, -0.1) is 0 Å². The van der Waals surface area contributed by atoms with Gasteiger partial charge in [0.25, 0.3) is 0 Å². The third-order valence-electron chi connectivity index (χ3n) is 2.32. The Morgan fingerprint density at radius 1 is 1.56 bits per heavy atom. The van der Waals surface area contributed by atoms with Gasteiger partial charge in [-0.25, -0.2) is 0 Å². The number of aliphatic hydroxyl groups excluding tert-OH is 1. The molecule has 1 rings (SSSR count). The first-order chi connectivity index (χ1) is 7.54. The third-order valence-corrected chi connectivity index (χ3v) is 2.70. The van der Waals surface area contributed by atoms with Crippen LogP contribution < -0.4 is 4.74 Å². The summed E-state index contributed by atoms with van der Waals surface area (Å²) >= 11 is 5.55. The zero-order valence-corrected chi connectivity index (χ0v) is 10.6. The van der Waals surface area contributed by atoms with Crippen molar-refractivity contribution < 1.29 is 9.84 Å². The number of halogens is 1. The topological polar surface area (TPSA) is 29.5 Å². The monoisotopic (exact) mass is 240 g/mol. The fraction of sp³-hybridized carbons (Fsp3) is 0.385. The Hall–Kier alpha value is -0.990. The average molecular weight is 241 g/mol. The van der Waals surface area contributed by atoms with E-state index in [9.17, 15) is 5.11 Å². The van der Waals surface area contributed by atoms with Gasteiger partial charge in [0.15, 0.2) is 0 Å². The smallest absolute Gasteiger partial charge is 0.122 e. The molecule has 0 radical (unpaired) electrons. The number of aliphatic hydroxyl groups is 1. The Balaban J connectivity index is 2.75. The van der Waals surface area contributed by atoms with Gasteiger partial charge in [0.05, 0.1) is 6.10 Å². The molecule has 88 valence electrons. The molecule has 0 spiro atoms. The van der Waals surface area contributed by atoms with Crippen LogP contribution in [-0.4, -0.2) is 11.7 Å². The van der Waals surface area contributed by atoms with Crippen LogP contribution in [0.1, 0.15) is 31.1 Å². The normalized spacial score (nSPS) is 13.7. The third kappa shape index (κ3) is 3.54. The number of aryl methyl sites for hydroxylation is 1. The van der Waals surface area contributed by atoms with Crippen molar-refractivity contribution in [3.63, 3.8) is 0 Å². The van der Waals surface area contributed by atoms with Gasteiger partial charge in [-0.05, 0) is 49.6 Å². The number of benzene rings is 1. The molecule has 0 aliphatic rings. The molecule has 0 amide bonds. The van der Waals surface area contributed by atoms with E-state index in [0.717, 1.165) is 22.4 Å². The lowest BCUT2D eigenvalue weighted by Gasteiger charge is -2.11. The summed E-state index contributed by atoms with van der Waals surface area (Å²) < 4.78 is 5.59. The van der Waals surface area contributed by atoms with Crippen LogP contribution in [-0.2, 0) is 0 Å². The molecule has 0 bridgehead atoms. The minimum Gasteiger partial charge on any atom is -0.489 e. The predicted octanol–water partition coefficient (Wildman–Crippen LogP) is 3.57. The van der Waals surface area contributed by atoms with Gasteiger partial charge in [0.1, 0.15) is 12.4 Å². The fourth-order valence-corrected chi connectivity index (χ4v) is 1.38. The zero-order chi connectivity index (χ0) is 12.1. The van der Waals surface area contributed by atoms with E-state index in [2.05, 4.69) is 0 Å². The summed E-state index contributed by atoms with van der Waals surface area (Å²) in [4.78, 5) is 0. The van der Waals surface area contributed by atoms with Crippen LogP contribution in [0.4, 0.5) is 0 Å². The van der Waals surface area contributed by atoms with Crippen molar-refractivity contribution >= 4 is 11.6 Å². The number of rotatable bonds is 4. The zero-order valence-electron chi connectivity index (χ0n) is 9.83. The molecule has 0 aromatic heterocycles. The minimum atomic E-state index is -0.447. The van der Waals surface area contributed by atoms with Crippen LogP contribution in [0.3, 0.4) is 0 Å². The molecule has 0 heterocycles. The van der Waals surface area contributed by atoms with Crippen LogP contribution in [0, 0.1) is 6.92 Å². The highest BCUT2D eigenvalue weighted by Gasteiger charge is 2.05. The van der Waals surface area contributed by atoms with Crippen molar-refractivity contribution in [3.05, 3.63) is 40.4 Å². The Labute approximate surface area is 102 Å². The molecule has 0 saturated carbocycles. The van der Waals surface area contributed by atoms with Crippen LogP contribution in [0.25, 0.3) is 0 Å². The summed E-state index contributed by atoms with van der Waals surface area (Å²) in [6.07, 6.45) is -0.447. The summed E-state index contributed by atoms with van der Waals surface area (Å²) in [5.74, 6) is 0.822. The highest BCUT2D eigenvalue weighted by molar-refractivity contribution is 6.25. The Morgan fingerprint density at radius 2 is 2.25 bits per heavy atom. The molecule has 2 nitrogen and oxygen atoms in total. The summed E-state index contributed by atoms with van der Waals surface area (Å²) in [6.45, 7) is 6.10.